The van der Waals surface area contributed by atoms with E-state index in [9.17, 15) is 14.4 Å². The third kappa shape index (κ3) is 3.89. The summed E-state index contributed by atoms with van der Waals surface area (Å²) in [6, 6.07) is 10.1. The minimum atomic E-state index is -0.616. The molecular weight excluding hydrogens is 436 g/mol. The quantitative estimate of drug-likeness (QED) is 0.446. The van der Waals surface area contributed by atoms with Crippen molar-refractivity contribution in [2.75, 3.05) is 7.11 Å². The molecule has 1 aliphatic heterocycles. The molecule has 3 aromatic rings. The van der Waals surface area contributed by atoms with E-state index >= 15 is 0 Å². The van der Waals surface area contributed by atoms with Gasteiger partial charge in [0.15, 0.2) is 4.80 Å². The van der Waals surface area contributed by atoms with Crippen LogP contribution >= 0.6 is 22.7 Å². The summed E-state index contributed by atoms with van der Waals surface area (Å²) in [5.74, 6) is -0.602. The van der Waals surface area contributed by atoms with Gasteiger partial charge in [0.25, 0.3) is 5.56 Å². The van der Waals surface area contributed by atoms with Crippen LogP contribution in [-0.4, -0.2) is 23.6 Å². The maximum absolute atomic E-state index is 13.4. The van der Waals surface area contributed by atoms with Gasteiger partial charge in [0.1, 0.15) is 11.8 Å². The molecule has 0 bridgehead atoms. The van der Waals surface area contributed by atoms with Crippen molar-refractivity contribution in [3.63, 3.8) is 0 Å². The number of methoxy groups -OCH3 is 1. The second-order valence-electron chi connectivity index (χ2n) is 6.72. The molecule has 0 aliphatic carbocycles. The molecule has 0 fully saturated rings. The number of thiophene rings is 1. The lowest BCUT2D eigenvalue weighted by Crippen LogP contribution is -2.39. The van der Waals surface area contributed by atoms with E-state index in [1.165, 1.54) is 41.3 Å². The summed E-state index contributed by atoms with van der Waals surface area (Å²) >= 11 is 2.67. The highest BCUT2D eigenvalue weighted by molar-refractivity contribution is 7.10. The first-order valence-corrected chi connectivity index (χ1v) is 11.0. The molecular formula is C22H18N2O5S2. The van der Waals surface area contributed by atoms with Crippen LogP contribution in [0.15, 0.2) is 62.8 Å². The lowest BCUT2D eigenvalue weighted by molar-refractivity contribution is -0.136. The van der Waals surface area contributed by atoms with Gasteiger partial charge >= 0.3 is 11.9 Å². The first-order chi connectivity index (χ1) is 14.9. The predicted octanol–water partition coefficient (Wildman–Crippen LogP) is 2.40. The fourth-order valence-electron chi connectivity index (χ4n) is 3.40. The Morgan fingerprint density at radius 3 is 2.65 bits per heavy atom. The van der Waals surface area contributed by atoms with Crippen LogP contribution in [0, 0.1) is 0 Å². The van der Waals surface area contributed by atoms with E-state index in [1.54, 1.807) is 37.3 Å². The van der Waals surface area contributed by atoms with E-state index < -0.39 is 18.0 Å². The smallest absolute Gasteiger partial charge is 0.338 e. The van der Waals surface area contributed by atoms with E-state index in [0.717, 1.165) is 4.88 Å². The fourth-order valence-corrected chi connectivity index (χ4v) is 5.26. The third-order valence-electron chi connectivity index (χ3n) is 4.70. The number of benzene rings is 1. The number of esters is 2. The number of carbonyl (C=O) groups excluding carboxylic acids is 2. The van der Waals surface area contributed by atoms with Gasteiger partial charge in [-0.1, -0.05) is 35.6 Å². The van der Waals surface area contributed by atoms with Crippen molar-refractivity contribution in [1.29, 1.82) is 0 Å². The van der Waals surface area contributed by atoms with Gasteiger partial charge in [-0.05, 0) is 30.5 Å². The van der Waals surface area contributed by atoms with Crippen molar-refractivity contribution in [2.24, 2.45) is 4.99 Å². The van der Waals surface area contributed by atoms with Crippen molar-refractivity contribution in [3.8, 4) is 5.75 Å². The Kier molecular flexibility index (Phi) is 5.71. The van der Waals surface area contributed by atoms with E-state index in [-0.39, 0.29) is 5.56 Å². The van der Waals surface area contributed by atoms with Crippen molar-refractivity contribution < 1.29 is 19.1 Å². The largest absolute Gasteiger partial charge is 0.466 e. The number of allylic oxidation sites excluding steroid dienone is 1. The number of hydrogen-bond donors (Lipinski definition) is 0. The summed E-state index contributed by atoms with van der Waals surface area (Å²) in [6.45, 7) is 3.06. The maximum atomic E-state index is 13.4. The van der Waals surface area contributed by atoms with E-state index in [4.69, 9.17) is 9.47 Å². The molecule has 0 unspecified atom stereocenters. The molecule has 9 heteroatoms. The molecule has 0 saturated heterocycles. The first kappa shape index (κ1) is 21.0. The number of fused-ring (bicyclic) bond motifs is 1. The Hall–Kier alpha value is -3.30. The Balaban J connectivity index is 1.94. The summed E-state index contributed by atoms with van der Waals surface area (Å²) < 4.78 is 12.2. The van der Waals surface area contributed by atoms with Crippen LogP contribution < -0.4 is 19.6 Å². The predicted molar refractivity (Wildman–Crippen MR) is 118 cm³/mol. The number of hydrogen-bond acceptors (Lipinski definition) is 8. The van der Waals surface area contributed by atoms with E-state index in [1.807, 2.05) is 17.5 Å². The van der Waals surface area contributed by atoms with Crippen molar-refractivity contribution >= 4 is 40.7 Å². The van der Waals surface area contributed by atoms with Crippen LogP contribution in [0.25, 0.3) is 6.08 Å². The van der Waals surface area contributed by atoms with Crippen LogP contribution in [0.1, 0.15) is 30.3 Å². The molecule has 7 nitrogen and oxygen atoms in total. The minimum absolute atomic E-state index is 0.284. The second kappa shape index (κ2) is 8.44. The molecule has 0 N–H and O–H groups in total. The van der Waals surface area contributed by atoms with Crippen LogP contribution in [0.3, 0.4) is 0 Å². The zero-order valence-corrected chi connectivity index (χ0v) is 18.6. The van der Waals surface area contributed by atoms with Gasteiger partial charge in [-0.2, -0.15) is 0 Å². The number of ether oxygens (including phenoxy) is 2. The zero-order chi connectivity index (χ0) is 22.1. The molecule has 0 amide bonds. The van der Waals surface area contributed by atoms with Crippen LogP contribution in [-0.2, 0) is 14.3 Å². The number of nitrogens with zero attached hydrogens (tertiary/aromatic N) is 2. The monoisotopic (exact) mass is 454 g/mol. The fraction of sp³-hybridized carbons (Fsp3) is 0.182. The van der Waals surface area contributed by atoms with Crippen molar-refractivity contribution in [1.82, 2.24) is 4.57 Å². The molecule has 3 heterocycles. The highest BCUT2D eigenvalue weighted by Crippen LogP contribution is 2.33. The SMILES string of the molecule is COC(=O)C1=C(C)N=c2sc(=Cc3ccccc3OC(C)=O)c(=O)n2[C@@H]1c1cccs1. The lowest BCUT2D eigenvalue weighted by atomic mass is 10.0. The average molecular weight is 455 g/mol. The topological polar surface area (TPSA) is 87.0 Å². The number of thiazole rings is 1. The van der Waals surface area contributed by atoms with Crippen molar-refractivity contribution in [3.05, 3.63) is 83.2 Å². The highest BCUT2D eigenvalue weighted by atomic mass is 32.1. The van der Waals surface area contributed by atoms with Crippen LogP contribution in [0.5, 0.6) is 5.75 Å². The molecule has 158 valence electrons. The molecule has 0 spiro atoms. The van der Waals surface area contributed by atoms with Crippen molar-refractivity contribution in [2.45, 2.75) is 19.9 Å². The Morgan fingerprint density at radius 2 is 1.97 bits per heavy atom. The molecule has 4 rings (SSSR count). The summed E-state index contributed by atoms with van der Waals surface area (Å²) in [5.41, 5.74) is 1.16. The lowest BCUT2D eigenvalue weighted by Gasteiger charge is -2.22. The molecule has 0 saturated carbocycles. The molecule has 2 aromatic heterocycles. The molecule has 31 heavy (non-hydrogen) atoms. The number of rotatable bonds is 4. The normalized spacial score (nSPS) is 16.0. The Labute approximate surface area is 185 Å². The second-order valence-corrected chi connectivity index (χ2v) is 8.71. The van der Waals surface area contributed by atoms with Crippen LogP contribution in [0.2, 0.25) is 0 Å². The number of para-hydroxylation sites is 1. The summed E-state index contributed by atoms with van der Waals surface area (Å²) in [6.07, 6.45) is 1.67. The van der Waals surface area contributed by atoms with Gasteiger partial charge < -0.3 is 9.47 Å². The van der Waals surface area contributed by atoms with Gasteiger partial charge in [0, 0.05) is 17.4 Å². The highest BCUT2D eigenvalue weighted by Gasteiger charge is 2.33. The zero-order valence-electron chi connectivity index (χ0n) is 16.9. The minimum Gasteiger partial charge on any atom is -0.466 e. The summed E-state index contributed by atoms with van der Waals surface area (Å²) in [7, 11) is 1.31. The molecule has 0 radical (unpaired) electrons. The van der Waals surface area contributed by atoms with Crippen LogP contribution in [0.4, 0.5) is 0 Å². The molecule has 1 aliphatic rings. The first-order valence-electron chi connectivity index (χ1n) is 9.32. The average Bonchev–Trinajstić information content (AvgIpc) is 3.36. The Morgan fingerprint density at radius 1 is 1.19 bits per heavy atom. The summed E-state index contributed by atoms with van der Waals surface area (Å²) in [5, 5.41) is 1.89. The van der Waals surface area contributed by atoms with Gasteiger partial charge in [-0.15, -0.1) is 11.3 Å². The maximum Gasteiger partial charge on any atom is 0.338 e. The van der Waals surface area contributed by atoms with Gasteiger partial charge in [-0.3, -0.25) is 14.2 Å². The third-order valence-corrected chi connectivity index (χ3v) is 6.61. The molecule has 1 aromatic carbocycles. The van der Waals surface area contributed by atoms with Gasteiger partial charge in [0.2, 0.25) is 0 Å². The molecule has 1 atom stereocenters. The van der Waals surface area contributed by atoms with E-state index in [2.05, 4.69) is 4.99 Å². The van der Waals surface area contributed by atoms with E-state index in [0.29, 0.717) is 31.9 Å². The number of aromatic nitrogens is 1. The summed E-state index contributed by atoms with van der Waals surface area (Å²) in [4.78, 5) is 43.2. The number of carbonyl (C=O) groups is 2. The van der Waals surface area contributed by atoms with Gasteiger partial charge in [-0.25, -0.2) is 9.79 Å². The Bertz CT molecular complexity index is 1380. The standard InChI is InChI=1S/C22H18N2O5S2/c1-12-18(21(27)28-3)19(16-9-6-10-30-16)24-20(26)17(31-22(24)23-12)11-14-7-4-5-8-15(14)29-13(2)25/h4-11,19H,1-3H3/t19-/m1/s1. The van der Waals surface area contributed by atoms with Gasteiger partial charge in [0.05, 0.1) is 22.9 Å².